The van der Waals surface area contributed by atoms with Gasteiger partial charge in [-0.3, -0.25) is 9.59 Å². The molecule has 0 bridgehead atoms. The summed E-state index contributed by atoms with van der Waals surface area (Å²) in [5.74, 6) is -2.05. The average Bonchev–Trinajstić information content (AvgIpc) is 2.63. The Bertz CT molecular complexity index is 448. The molecule has 3 N–H and O–H groups in total. The van der Waals surface area contributed by atoms with Crippen LogP contribution in [0, 0.1) is 5.92 Å². The first-order valence-corrected chi connectivity index (χ1v) is 4.67. The highest BCUT2D eigenvalue weighted by atomic mass is 16.4. The summed E-state index contributed by atoms with van der Waals surface area (Å²) < 4.78 is 0. The summed E-state index contributed by atoms with van der Waals surface area (Å²) in [6, 6.07) is 0. The second-order valence-corrected chi connectivity index (χ2v) is 3.58. The molecule has 0 fully saturated rings. The van der Waals surface area contributed by atoms with Crippen molar-refractivity contribution >= 4 is 11.9 Å². The van der Waals surface area contributed by atoms with Crippen molar-refractivity contribution in [2.24, 2.45) is 5.92 Å². The van der Waals surface area contributed by atoms with Gasteiger partial charge in [0.05, 0.1) is 5.92 Å². The van der Waals surface area contributed by atoms with Crippen LogP contribution in [0.25, 0.3) is 0 Å². The summed E-state index contributed by atoms with van der Waals surface area (Å²) in [7, 11) is 1.48. The van der Waals surface area contributed by atoms with Crippen molar-refractivity contribution in [1.82, 2.24) is 14.9 Å². The number of carboxylic acid groups (broad SMARTS) is 1. The molecule has 7 nitrogen and oxygen atoms in total. The molecule has 1 atom stereocenters. The van der Waals surface area contributed by atoms with Crippen LogP contribution < -0.4 is 5.69 Å². The predicted molar refractivity (Wildman–Crippen MR) is 55.2 cm³/mol. The fourth-order valence-electron chi connectivity index (χ4n) is 1.22. The molecule has 1 aromatic heterocycles. The maximum Gasteiger partial charge on any atom is 0.323 e. The number of rotatable bonds is 4. The maximum atomic E-state index is 11.7. The third-order valence-corrected chi connectivity index (χ3v) is 2.14. The van der Waals surface area contributed by atoms with E-state index in [2.05, 4.69) is 9.97 Å². The minimum absolute atomic E-state index is 0.0847. The monoisotopic (exact) mass is 227 g/mol. The van der Waals surface area contributed by atoms with Crippen molar-refractivity contribution in [3.05, 3.63) is 22.4 Å². The first kappa shape index (κ1) is 12.0. The Labute approximate surface area is 91.1 Å². The lowest BCUT2D eigenvalue weighted by atomic mass is 10.2. The Balaban J connectivity index is 2.68. The largest absolute Gasteiger partial charge is 0.481 e. The molecule has 1 amide bonds. The highest BCUT2D eigenvalue weighted by Gasteiger charge is 2.19. The standard InChI is InChI=1S/C9H13N3O4/c1-5(8(14)15)4-12(2)7(13)6-3-10-9(16)11-6/h3,5H,4H2,1-2H3,(H,14,15)(H2,10,11,16). The lowest BCUT2D eigenvalue weighted by Crippen LogP contribution is -2.34. The second-order valence-electron chi connectivity index (χ2n) is 3.58. The number of amides is 1. The molecule has 0 saturated carbocycles. The first-order valence-electron chi connectivity index (χ1n) is 4.67. The van der Waals surface area contributed by atoms with E-state index < -0.39 is 23.5 Å². The number of hydrogen-bond donors (Lipinski definition) is 3. The topological polar surface area (TPSA) is 106 Å². The van der Waals surface area contributed by atoms with Gasteiger partial charge in [0.2, 0.25) is 0 Å². The molecular formula is C9H13N3O4. The van der Waals surface area contributed by atoms with Gasteiger partial charge >= 0.3 is 11.7 Å². The average molecular weight is 227 g/mol. The number of nitrogens with zero attached hydrogens (tertiary/aromatic N) is 1. The fraction of sp³-hybridized carbons (Fsp3) is 0.444. The highest BCUT2D eigenvalue weighted by molar-refractivity contribution is 5.92. The van der Waals surface area contributed by atoms with Gasteiger partial charge in [0, 0.05) is 19.8 Å². The molecule has 0 saturated heterocycles. The van der Waals surface area contributed by atoms with Crippen LogP contribution in [0.5, 0.6) is 0 Å². The van der Waals surface area contributed by atoms with Crippen molar-refractivity contribution in [3.8, 4) is 0 Å². The van der Waals surface area contributed by atoms with Crippen LogP contribution in [0.15, 0.2) is 11.0 Å². The number of aliphatic carboxylic acids is 1. The number of imidazole rings is 1. The first-order chi connectivity index (χ1) is 7.41. The van der Waals surface area contributed by atoms with Gasteiger partial charge in [-0.25, -0.2) is 4.79 Å². The highest BCUT2D eigenvalue weighted by Crippen LogP contribution is 2.02. The normalized spacial score (nSPS) is 12.1. The number of hydrogen-bond acceptors (Lipinski definition) is 3. The summed E-state index contributed by atoms with van der Waals surface area (Å²) in [6.45, 7) is 1.59. The Morgan fingerprint density at radius 2 is 2.19 bits per heavy atom. The van der Waals surface area contributed by atoms with E-state index in [9.17, 15) is 14.4 Å². The van der Waals surface area contributed by atoms with Gasteiger partial charge in [0.25, 0.3) is 5.91 Å². The van der Waals surface area contributed by atoms with E-state index in [4.69, 9.17) is 5.11 Å². The van der Waals surface area contributed by atoms with Gasteiger partial charge in [-0.1, -0.05) is 6.92 Å². The van der Waals surface area contributed by atoms with E-state index in [1.54, 1.807) is 0 Å². The minimum Gasteiger partial charge on any atom is -0.481 e. The molecule has 0 spiro atoms. The third-order valence-electron chi connectivity index (χ3n) is 2.14. The molecule has 16 heavy (non-hydrogen) atoms. The summed E-state index contributed by atoms with van der Waals surface area (Å²) >= 11 is 0. The van der Waals surface area contributed by atoms with Crippen LogP contribution in [0.2, 0.25) is 0 Å². The van der Waals surface area contributed by atoms with E-state index >= 15 is 0 Å². The maximum absolute atomic E-state index is 11.7. The van der Waals surface area contributed by atoms with E-state index in [0.717, 1.165) is 0 Å². The smallest absolute Gasteiger partial charge is 0.323 e. The van der Waals surface area contributed by atoms with Crippen LogP contribution in [-0.2, 0) is 4.79 Å². The Kier molecular flexibility index (Phi) is 3.49. The zero-order valence-corrected chi connectivity index (χ0v) is 8.98. The van der Waals surface area contributed by atoms with E-state index in [-0.39, 0.29) is 12.2 Å². The molecule has 1 unspecified atom stereocenters. The molecular weight excluding hydrogens is 214 g/mol. The van der Waals surface area contributed by atoms with Gasteiger partial charge in [-0.15, -0.1) is 0 Å². The number of aromatic nitrogens is 2. The van der Waals surface area contributed by atoms with Gasteiger partial charge in [-0.05, 0) is 0 Å². The fourth-order valence-corrected chi connectivity index (χ4v) is 1.22. The van der Waals surface area contributed by atoms with Gasteiger partial charge < -0.3 is 20.0 Å². The summed E-state index contributed by atoms with van der Waals surface area (Å²) in [5.41, 5.74) is -0.354. The molecule has 7 heteroatoms. The number of H-pyrrole nitrogens is 2. The summed E-state index contributed by atoms with van der Waals surface area (Å²) in [6.07, 6.45) is 1.26. The van der Waals surface area contributed by atoms with Crippen LogP contribution in [0.4, 0.5) is 0 Å². The zero-order valence-electron chi connectivity index (χ0n) is 8.98. The Hall–Kier alpha value is -2.05. The molecule has 0 radical (unpaired) electrons. The second kappa shape index (κ2) is 4.65. The molecule has 0 aliphatic carbocycles. The Morgan fingerprint density at radius 3 is 2.62 bits per heavy atom. The molecule has 1 heterocycles. The SMILES string of the molecule is CC(CN(C)C(=O)c1c[nH]c(=O)[nH]1)C(=O)O. The van der Waals surface area contributed by atoms with Crippen LogP contribution in [0.1, 0.15) is 17.4 Å². The third kappa shape index (κ3) is 2.72. The molecule has 1 rings (SSSR count). The summed E-state index contributed by atoms with van der Waals surface area (Å²) in [5, 5.41) is 8.69. The van der Waals surface area contributed by atoms with Crippen molar-refractivity contribution in [2.45, 2.75) is 6.92 Å². The molecule has 1 aromatic rings. The van der Waals surface area contributed by atoms with Crippen molar-refractivity contribution in [1.29, 1.82) is 0 Å². The van der Waals surface area contributed by atoms with Gasteiger partial charge in [0.1, 0.15) is 5.69 Å². The number of nitrogens with one attached hydrogen (secondary N) is 2. The van der Waals surface area contributed by atoms with E-state index in [1.165, 1.54) is 25.1 Å². The van der Waals surface area contributed by atoms with Crippen molar-refractivity contribution in [3.63, 3.8) is 0 Å². The van der Waals surface area contributed by atoms with Crippen LogP contribution in [-0.4, -0.2) is 45.4 Å². The molecule has 88 valence electrons. The number of carbonyl (C=O) groups excluding carboxylic acids is 1. The minimum atomic E-state index is -0.970. The lowest BCUT2D eigenvalue weighted by molar-refractivity contribution is -0.141. The predicted octanol–water partition coefficient (Wildman–Crippen LogP) is -0.504. The Morgan fingerprint density at radius 1 is 1.56 bits per heavy atom. The number of aromatic amines is 2. The van der Waals surface area contributed by atoms with Crippen molar-refractivity contribution < 1.29 is 14.7 Å². The molecule has 0 aliphatic heterocycles. The van der Waals surface area contributed by atoms with E-state index in [0.29, 0.717) is 0 Å². The lowest BCUT2D eigenvalue weighted by Gasteiger charge is -2.18. The number of carboxylic acids is 1. The van der Waals surface area contributed by atoms with E-state index in [1.807, 2.05) is 0 Å². The number of carbonyl (C=O) groups is 2. The van der Waals surface area contributed by atoms with Crippen LogP contribution in [0.3, 0.4) is 0 Å². The van der Waals surface area contributed by atoms with Crippen LogP contribution >= 0.6 is 0 Å². The molecule has 0 aliphatic rings. The molecule has 0 aromatic carbocycles. The quantitative estimate of drug-likeness (QED) is 0.644. The zero-order chi connectivity index (χ0) is 12.3. The summed E-state index contributed by atoms with van der Waals surface area (Å²) in [4.78, 5) is 38.9. The van der Waals surface area contributed by atoms with Gasteiger partial charge in [0.15, 0.2) is 0 Å². The van der Waals surface area contributed by atoms with Gasteiger partial charge in [-0.2, -0.15) is 0 Å². The van der Waals surface area contributed by atoms with Crippen molar-refractivity contribution in [2.75, 3.05) is 13.6 Å².